The second kappa shape index (κ2) is 11.1. The summed E-state index contributed by atoms with van der Waals surface area (Å²) in [5.41, 5.74) is 12.8. The van der Waals surface area contributed by atoms with E-state index in [1.165, 1.54) is 0 Å². The SMILES string of the molecule is Cl.NC(=O)CC(N)C(=O)NCCc1ccc(OCc2ccccc2)cc1. The lowest BCUT2D eigenvalue weighted by atomic mass is 10.1. The first kappa shape index (κ1) is 21.5. The summed E-state index contributed by atoms with van der Waals surface area (Å²) in [6.45, 7) is 0.962. The van der Waals surface area contributed by atoms with Gasteiger partial charge in [0, 0.05) is 6.54 Å². The minimum Gasteiger partial charge on any atom is -0.489 e. The molecule has 0 aliphatic carbocycles. The fourth-order valence-electron chi connectivity index (χ4n) is 2.26. The maximum Gasteiger partial charge on any atom is 0.237 e. The molecule has 0 spiro atoms. The zero-order valence-corrected chi connectivity index (χ0v) is 15.2. The molecule has 2 aromatic carbocycles. The number of hydrogen-bond donors (Lipinski definition) is 3. The minimum atomic E-state index is -0.897. The van der Waals surface area contributed by atoms with Crippen molar-refractivity contribution in [1.82, 2.24) is 5.32 Å². The Labute approximate surface area is 159 Å². The van der Waals surface area contributed by atoms with Crippen LogP contribution in [0, 0.1) is 0 Å². The van der Waals surface area contributed by atoms with Gasteiger partial charge >= 0.3 is 0 Å². The Kier molecular flexibility index (Phi) is 9.19. The van der Waals surface area contributed by atoms with Crippen LogP contribution in [0.5, 0.6) is 5.75 Å². The molecule has 5 N–H and O–H groups in total. The fraction of sp³-hybridized carbons (Fsp3) is 0.263. The van der Waals surface area contributed by atoms with Gasteiger partial charge in [0.25, 0.3) is 0 Å². The van der Waals surface area contributed by atoms with Crippen LogP contribution >= 0.6 is 12.4 Å². The molecule has 0 aliphatic heterocycles. The van der Waals surface area contributed by atoms with Gasteiger partial charge < -0.3 is 21.5 Å². The van der Waals surface area contributed by atoms with Crippen molar-refractivity contribution in [2.45, 2.75) is 25.5 Å². The largest absolute Gasteiger partial charge is 0.489 e. The average molecular weight is 378 g/mol. The highest BCUT2D eigenvalue weighted by Crippen LogP contribution is 2.14. The molecular weight excluding hydrogens is 354 g/mol. The van der Waals surface area contributed by atoms with Gasteiger partial charge in [0.1, 0.15) is 12.4 Å². The lowest BCUT2D eigenvalue weighted by Gasteiger charge is -2.11. The van der Waals surface area contributed by atoms with E-state index in [0.29, 0.717) is 19.6 Å². The Hall–Kier alpha value is -2.57. The zero-order chi connectivity index (χ0) is 18.1. The van der Waals surface area contributed by atoms with Crippen molar-refractivity contribution in [1.29, 1.82) is 0 Å². The summed E-state index contributed by atoms with van der Waals surface area (Å²) in [6, 6.07) is 16.8. The minimum absolute atomic E-state index is 0. The highest BCUT2D eigenvalue weighted by molar-refractivity contribution is 5.87. The number of hydrogen-bond acceptors (Lipinski definition) is 4. The van der Waals surface area contributed by atoms with Crippen LogP contribution in [-0.4, -0.2) is 24.4 Å². The van der Waals surface area contributed by atoms with Gasteiger partial charge in [-0.1, -0.05) is 42.5 Å². The Bertz CT molecular complexity index is 693. The van der Waals surface area contributed by atoms with Crippen molar-refractivity contribution in [3.63, 3.8) is 0 Å². The summed E-state index contributed by atoms with van der Waals surface area (Å²) in [5, 5.41) is 2.69. The Morgan fingerprint density at radius 2 is 1.65 bits per heavy atom. The van der Waals surface area contributed by atoms with Crippen LogP contribution in [0.1, 0.15) is 17.5 Å². The van der Waals surface area contributed by atoms with Gasteiger partial charge in [-0.15, -0.1) is 12.4 Å². The zero-order valence-electron chi connectivity index (χ0n) is 14.4. The molecule has 0 aliphatic rings. The smallest absolute Gasteiger partial charge is 0.237 e. The van der Waals surface area contributed by atoms with Crippen LogP contribution in [-0.2, 0) is 22.6 Å². The normalized spacial score (nSPS) is 11.1. The molecule has 140 valence electrons. The third-order valence-corrected chi connectivity index (χ3v) is 3.64. The molecule has 1 unspecified atom stereocenters. The standard InChI is InChI=1S/C19H23N3O3.ClH/c20-17(12-18(21)23)19(24)22-11-10-14-6-8-16(9-7-14)25-13-15-4-2-1-3-5-15;/h1-9,17H,10-13,20H2,(H2,21,23)(H,22,24);1H. The molecule has 0 heterocycles. The van der Waals surface area contributed by atoms with Crippen LogP contribution in [0.2, 0.25) is 0 Å². The third kappa shape index (κ3) is 7.55. The van der Waals surface area contributed by atoms with E-state index in [0.717, 1.165) is 16.9 Å². The Morgan fingerprint density at radius 3 is 2.27 bits per heavy atom. The lowest BCUT2D eigenvalue weighted by Crippen LogP contribution is -2.43. The molecule has 2 aromatic rings. The number of benzene rings is 2. The van der Waals surface area contributed by atoms with Gasteiger partial charge in [-0.25, -0.2) is 0 Å². The molecule has 0 aromatic heterocycles. The molecule has 2 rings (SSSR count). The van der Waals surface area contributed by atoms with Crippen molar-refractivity contribution < 1.29 is 14.3 Å². The van der Waals surface area contributed by atoms with E-state index >= 15 is 0 Å². The van der Waals surface area contributed by atoms with Crippen LogP contribution in [0.15, 0.2) is 54.6 Å². The summed E-state index contributed by atoms with van der Waals surface area (Å²) in [4.78, 5) is 22.4. The van der Waals surface area contributed by atoms with Crippen molar-refractivity contribution in [2.24, 2.45) is 11.5 Å². The number of primary amides is 1. The van der Waals surface area contributed by atoms with E-state index in [1.54, 1.807) is 0 Å². The molecule has 1 atom stereocenters. The van der Waals surface area contributed by atoms with Gasteiger partial charge in [0.15, 0.2) is 0 Å². The van der Waals surface area contributed by atoms with Gasteiger partial charge in [-0.3, -0.25) is 9.59 Å². The molecular formula is C19H24ClN3O3. The van der Waals surface area contributed by atoms with E-state index < -0.39 is 11.9 Å². The summed E-state index contributed by atoms with van der Waals surface area (Å²) in [6.07, 6.45) is 0.507. The van der Waals surface area contributed by atoms with Crippen LogP contribution < -0.4 is 21.5 Å². The second-order valence-corrected chi connectivity index (χ2v) is 5.74. The number of rotatable bonds is 9. The number of ether oxygens (including phenoxy) is 1. The molecule has 7 heteroatoms. The molecule has 2 amide bonds. The molecule has 0 saturated carbocycles. The predicted molar refractivity (Wildman–Crippen MR) is 103 cm³/mol. The van der Waals surface area contributed by atoms with E-state index in [2.05, 4.69) is 5.32 Å². The molecule has 26 heavy (non-hydrogen) atoms. The maximum atomic E-state index is 11.7. The van der Waals surface area contributed by atoms with Crippen LogP contribution in [0.25, 0.3) is 0 Å². The Balaban J connectivity index is 0.00000338. The summed E-state index contributed by atoms with van der Waals surface area (Å²) < 4.78 is 5.73. The van der Waals surface area contributed by atoms with Crippen molar-refractivity contribution >= 4 is 24.2 Å². The van der Waals surface area contributed by atoms with Crippen molar-refractivity contribution in [2.75, 3.05) is 6.54 Å². The highest BCUT2D eigenvalue weighted by atomic mass is 35.5. The van der Waals surface area contributed by atoms with E-state index in [-0.39, 0.29) is 24.7 Å². The average Bonchev–Trinajstić information content (AvgIpc) is 2.61. The Morgan fingerprint density at radius 1 is 1.00 bits per heavy atom. The maximum absolute atomic E-state index is 11.7. The van der Waals surface area contributed by atoms with Crippen molar-refractivity contribution in [3.05, 3.63) is 65.7 Å². The van der Waals surface area contributed by atoms with Gasteiger partial charge in [-0.05, 0) is 29.7 Å². The second-order valence-electron chi connectivity index (χ2n) is 5.74. The molecule has 0 radical (unpaired) electrons. The predicted octanol–water partition coefficient (Wildman–Crippen LogP) is 1.55. The number of carbonyl (C=O) groups excluding carboxylic acids is 2. The molecule has 6 nitrogen and oxygen atoms in total. The highest BCUT2D eigenvalue weighted by Gasteiger charge is 2.15. The number of halogens is 1. The van der Waals surface area contributed by atoms with E-state index in [4.69, 9.17) is 16.2 Å². The summed E-state index contributed by atoms with van der Waals surface area (Å²) in [5.74, 6) is -0.171. The lowest BCUT2D eigenvalue weighted by molar-refractivity contribution is -0.126. The monoisotopic (exact) mass is 377 g/mol. The van der Waals surface area contributed by atoms with Crippen LogP contribution in [0.4, 0.5) is 0 Å². The molecule has 0 fully saturated rings. The third-order valence-electron chi connectivity index (χ3n) is 3.64. The number of amides is 2. The van der Waals surface area contributed by atoms with E-state index in [9.17, 15) is 9.59 Å². The first-order chi connectivity index (χ1) is 12.0. The molecule has 0 saturated heterocycles. The summed E-state index contributed by atoms with van der Waals surface area (Å²) >= 11 is 0. The first-order valence-corrected chi connectivity index (χ1v) is 8.12. The summed E-state index contributed by atoms with van der Waals surface area (Å²) in [7, 11) is 0. The number of carbonyl (C=O) groups is 2. The first-order valence-electron chi connectivity index (χ1n) is 8.12. The van der Waals surface area contributed by atoms with Gasteiger partial charge in [-0.2, -0.15) is 0 Å². The van der Waals surface area contributed by atoms with Crippen molar-refractivity contribution in [3.8, 4) is 5.75 Å². The number of nitrogens with one attached hydrogen (secondary N) is 1. The van der Waals surface area contributed by atoms with E-state index in [1.807, 2.05) is 54.6 Å². The fourth-order valence-corrected chi connectivity index (χ4v) is 2.26. The number of nitrogens with two attached hydrogens (primary N) is 2. The molecule has 0 bridgehead atoms. The quantitative estimate of drug-likeness (QED) is 0.616. The van der Waals surface area contributed by atoms with Gasteiger partial charge in [0.2, 0.25) is 11.8 Å². The van der Waals surface area contributed by atoms with Crippen LogP contribution in [0.3, 0.4) is 0 Å². The van der Waals surface area contributed by atoms with Gasteiger partial charge in [0.05, 0.1) is 12.5 Å². The topological polar surface area (TPSA) is 107 Å².